The zero-order chi connectivity index (χ0) is 18.4. The van der Waals surface area contributed by atoms with Crippen LogP contribution in [-0.4, -0.2) is 56.5 Å². The predicted molar refractivity (Wildman–Crippen MR) is 90.2 cm³/mol. The zero-order valence-electron chi connectivity index (χ0n) is 14.0. The Morgan fingerprint density at radius 1 is 1.20 bits per heavy atom. The Morgan fingerprint density at radius 3 is 2.40 bits per heavy atom. The standard InChI is InChI=1S/C16H22N2O6S/c1-24-14-7-6-12(10-13(14)16(21)17-11-15(19)20)25(22,23)18-8-4-2-3-5-9-18/h6-7,10H,2-5,8-9,11H2,1H3,(H,17,21)(H,19,20). The largest absolute Gasteiger partial charge is 0.496 e. The average Bonchev–Trinajstić information content (AvgIpc) is 2.88. The van der Waals surface area contributed by atoms with Gasteiger partial charge in [0.15, 0.2) is 0 Å². The molecule has 8 nitrogen and oxygen atoms in total. The van der Waals surface area contributed by atoms with Crippen molar-refractivity contribution >= 4 is 21.9 Å². The maximum Gasteiger partial charge on any atom is 0.322 e. The third kappa shape index (κ3) is 4.70. The van der Waals surface area contributed by atoms with Crippen molar-refractivity contribution < 1.29 is 27.9 Å². The summed E-state index contributed by atoms with van der Waals surface area (Å²) in [4.78, 5) is 22.8. The fourth-order valence-corrected chi connectivity index (χ4v) is 4.25. The van der Waals surface area contributed by atoms with E-state index >= 15 is 0 Å². The van der Waals surface area contributed by atoms with Crippen molar-refractivity contribution in [1.82, 2.24) is 9.62 Å². The first-order chi connectivity index (χ1) is 11.9. The molecule has 1 aliphatic rings. The van der Waals surface area contributed by atoms with E-state index in [1.165, 1.54) is 29.6 Å². The Hall–Kier alpha value is -2.13. The van der Waals surface area contributed by atoms with E-state index in [-0.39, 0.29) is 16.2 Å². The smallest absolute Gasteiger partial charge is 0.322 e. The van der Waals surface area contributed by atoms with Gasteiger partial charge < -0.3 is 15.2 Å². The SMILES string of the molecule is COc1ccc(S(=O)(=O)N2CCCCCC2)cc1C(=O)NCC(=O)O. The molecule has 0 aromatic heterocycles. The molecule has 1 amide bonds. The lowest BCUT2D eigenvalue weighted by Crippen LogP contribution is -2.33. The van der Waals surface area contributed by atoms with Gasteiger partial charge in [0.2, 0.25) is 10.0 Å². The van der Waals surface area contributed by atoms with Crippen molar-refractivity contribution in [3.05, 3.63) is 23.8 Å². The average molecular weight is 370 g/mol. The summed E-state index contributed by atoms with van der Waals surface area (Å²) >= 11 is 0. The summed E-state index contributed by atoms with van der Waals surface area (Å²) in [5.74, 6) is -1.72. The van der Waals surface area contributed by atoms with Crippen LogP contribution in [0.1, 0.15) is 36.0 Å². The number of methoxy groups -OCH3 is 1. The van der Waals surface area contributed by atoms with Crippen LogP contribution in [0, 0.1) is 0 Å². The second-order valence-electron chi connectivity index (χ2n) is 5.76. The number of aliphatic carboxylic acids is 1. The Kier molecular flexibility index (Phi) is 6.38. The van der Waals surface area contributed by atoms with E-state index in [0.29, 0.717) is 13.1 Å². The highest BCUT2D eigenvalue weighted by molar-refractivity contribution is 7.89. The van der Waals surface area contributed by atoms with Crippen molar-refractivity contribution in [3.8, 4) is 5.75 Å². The lowest BCUT2D eigenvalue weighted by molar-refractivity contribution is -0.135. The van der Waals surface area contributed by atoms with Crippen molar-refractivity contribution in [2.24, 2.45) is 0 Å². The quantitative estimate of drug-likeness (QED) is 0.775. The number of carboxylic acids is 1. The first kappa shape index (κ1) is 19.2. The summed E-state index contributed by atoms with van der Waals surface area (Å²) in [6.07, 6.45) is 3.61. The number of amides is 1. The summed E-state index contributed by atoms with van der Waals surface area (Å²) in [5.41, 5.74) is -0.0142. The van der Waals surface area contributed by atoms with Gasteiger partial charge in [-0.25, -0.2) is 8.42 Å². The van der Waals surface area contributed by atoms with Gasteiger partial charge in [0.1, 0.15) is 12.3 Å². The van der Waals surface area contributed by atoms with Crippen LogP contribution >= 0.6 is 0 Å². The minimum absolute atomic E-state index is 0.00400. The highest BCUT2D eigenvalue weighted by atomic mass is 32.2. The Balaban J connectivity index is 2.33. The van der Waals surface area contributed by atoms with Crippen LogP contribution in [0.5, 0.6) is 5.75 Å². The van der Waals surface area contributed by atoms with Gasteiger partial charge in [0.25, 0.3) is 5.91 Å². The topological polar surface area (TPSA) is 113 Å². The second-order valence-corrected chi connectivity index (χ2v) is 7.69. The van der Waals surface area contributed by atoms with Crippen LogP contribution in [-0.2, 0) is 14.8 Å². The van der Waals surface area contributed by atoms with Crippen LogP contribution in [0.3, 0.4) is 0 Å². The molecule has 1 aromatic rings. The summed E-state index contributed by atoms with van der Waals surface area (Å²) in [7, 11) is -2.36. The molecule has 0 spiro atoms. The van der Waals surface area contributed by atoms with Crippen molar-refractivity contribution in [2.45, 2.75) is 30.6 Å². The number of benzene rings is 1. The maximum atomic E-state index is 12.8. The van der Waals surface area contributed by atoms with E-state index in [9.17, 15) is 18.0 Å². The number of sulfonamides is 1. The van der Waals surface area contributed by atoms with Gasteiger partial charge >= 0.3 is 5.97 Å². The van der Waals surface area contributed by atoms with Gasteiger partial charge in [0, 0.05) is 13.1 Å². The Bertz CT molecular complexity index is 739. The van der Waals surface area contributed by atoms with Crippen LogP contribution < -0.4 is 10.1 Å². The summed E-state index contributed by atoms with van der Waals surface area (Å²) in [5, 5.41) is 10.9. The molecule has 25 heavy (non-hydrogen) atoms. The normalized spacial score (nSPS) is 16.0. The molecule has 0 bridgehead atoms. The molecule has 0 aliphatic carbocycles. The number of nitrogens with one attached hydrogen (secondary N) is 1. The number of hydrogen-bond donors (Lipinski definition) is 2. The number of carbonyl (C=O) groups is 2. The molecular formula is C16H22N2O6S. The number of ether oxygens (including phenoxy) is 1. The van der Waals surface area contributed by atoms with Crippen LogP contribution in [0.25, 0.3) is 0 Å². The van der Waals surface area contributed by atoms with Gasteiger partial charge in [-0.1, -0.05) is 12.8 Å². The molecule has 0 radical (unpaired) electrons. The third-order valence-electron chi connectivity index (χ3n) is 4.02. The lowest BCUT2D eigenvalue weighted by Gasteiger charge is -2.20. The Labute approximate surface area is 146 Å². The van der Waals surface area contributed by atoms with E-state index in [1.54, 1.807) is 0 Å². The van der Waals surface area contributed by atoms with Crippen molar-refractivity contribution in [2.75, 3.05) is 26.7 Å². The van der Waals surface area contributed by atoms with E-state index in [1.807, 2.05) is 0 Å². The first-order valence-electron chi connectivity index (χ1n) is 8.04. The summed E-state index contributed by atoms with van der Waals surface area (Å²) < 4.78 is 32.2. The highest BCUT2D eigenvalue weighted by Gasteiger charge is 2.27. The molecule has 0 unspecified atom stereocenters. The van der Waals surface area contributed by atoms with E-state index in [2.05, 4.69) is 5.32 Å². The monoisotopic (exact) mass is 370 g/mol. The molecule has 0 atom stereocenters. The highest BCUT2D eigenvalue weighted by Crippen LogP contribution is 2.26. The van der Waals surface area contributed by atoms with E-state index < -0.39 is 28.4 Å². The molecule has 138 valence electrons. The van der Waals surface area contributed by atoms with Gasteiger partial charge in [-0.2, -0.15) is 4.31 Å². The van der Waals surface area contributed by atoms with Crippen LogP contribution in [0.4, 0.5) is 0 Å². The molecule has 1 heterocycles. The number of rotatable bonds is 6. The fourth-order valence-electron chi connectivity index (χ4n) is 2.71. The van der Waals surface area contributed by atoms with E-state index in [4.69, 9.17) is 9.84 Å². The van der Waals surface area contributed by atoms with Crippen molar-refractivity contribution in [1.29, 1.82) is 0 Å². The summed E-state index contributed by atoms with van der Waals surface area (Å²) in [6, 6.07) is 4.03. The molecule has 1 fully saturated rings. The molecule has 2 N–H and O–H groups in total. The van der Waals surface area contributed by atoms with Gasteiger partial charge in [0.05, 0.1) is 17.6 Å². The second kappa shape index (κ2) is 8.30. The minimum Gasteiger partial charge on any atom is -0.496 e. The molecular weight excluding hydrogens is 348 g/mol. The van der Waals surface area contributed by atoms with Gasteiger partial charge in [-0.15, -0.1) is 0 Å². The van der Waals surface area contributed by atoms with E-state index in [0.717, 1.165) is 25.7 Å². The third-order valence-corrected chi connectivity index (χ3v) is 5.91. The zero-order valence-corrected chi connectivity index (χ0v) is 14.8. The van der Waals surface area contributed by atoms with Crippen molar-refractivity contribution in [3.63, 3.8) is 0 Å². The maximum absolute atomic E-state index is 12.8. The molecule has 1 aromatic carbocycles. The minimum atomic E-state index is -3.72. The molecule has 2 rings (SSSR count). The molecule has 1 aliphatic heterocycles. The number of hydrogen-bond acceptors (Lipinski definition) is 5. The lowest BCUT2D eigenvalue weighted by atomic mass is 10.2. The van der Waals surface area contributed by atoms with Crippen LogP contribution in [0.15, 0.2) is 23.1 Å². The number of carboxylic acid groups (broad SMARTS) is 1. The van der Waals surface area contributed by atoms with Gasteiger partial charge in [-0.3, -0.25) is 9.59 Å². The van der Waals surface area contributed by atoms with Crippen LogP contribution in [0.2, 0.25) is 0 Å². The fraction of sp³-hybridized carbons (Fsp3) is 0.500. The Morgan fingerprint density at radius 2 is 1.84 bits per heavy atom. The summed E-state index contributed by atoms with van der Waals surface area (Å²) in [6.45, 7) is 0.342. The number of carbonyl (C=O) groups excluding carboxylic acids is 1. The molecule has 9 heteroatoms. The van der Waals surface area contributed by atoms with Gasteiger partial charge in [-0.05, 0) is 31.0 Å². The molecule has 1 saturated heterocycles. The molecule has 0 saturated carbocycles. The predicted octanol–water partition coefficient (Wildman–Crippen LogP) is 1.07. The first-order valence-corrected chi connectivity index (χ1v) is 9.48. The number of nitrogens with zero attached hydrogens (tertiary/aromatic N) is 1.